The third-order valence-electron chi connectivity index (χ3n) is 4.12. The van der Waals surface area contributed by atoms with Crippen LogP contribution in [0.5, 0.6) is 0 Å². The lowest BCUT2D eigenvalue weighted by Crippen LogP contribution is -2.47. The zero-order chi connectivity index (χ0) is 15.9. The summed E-state index contributed by atoms with van der Waals surface area (Å²) in [7, 11) is 0. The second-order valence-electron chi connectivity index (χ2n) is 5.75. The number of hydrogen-bond donors (Lipinski definition) is 1. The van der Waals surface area contributed by atoms with Gasteiger partial charge in [0, 0.05) is 18.5 Å². The van der Waals surface area contributed by atoms with Crippen LogP contribution in [-0.4, -0.2) is 29.4 Å². The predicted molar refractivity (Wildman–Crippen MR) is 87.8 cm³/mol. The molecule has 2 amide bonds. The van der Waals surface area contributed by atoms with Crippen LogP contribution in [-0.2, 0) is 9.59 Å². The Morgan fingerprint density at radius 3 is 2.77 bits per heavy atom. The van der Waals surface area contributed by atoms with Gasteiger partial charge in [-0.3, -0.25) is 9.59 Å². The minimum absolute atomic E-state index is 0.0163. The van der Waals surface area contributed by atoms with E-state index in [1.54, 1.807) is 11.0 Å². The van der Waals surface area contributed by atoms with Crippen molar-refractivity contribution in [2.75, 3.05) is 6.54 Å². The standard InChI is InChI=1S/C18H24N2O2/c1-3-14(2)18(22)19-16-10-7-13-20(16)17(21)12-11-15-8-5-4-6-9-15/h4-6,8-9,11-12,14,16H,3,7,10,13H2,1-2H3,(H,19,22). The summed E-state index contributed by atoms with van der Waals surface area (Å²) >= 11 is 0. The van der Waals surface area contributed by atoms with E-state index in [9.17, 15) is 9.59 Å². The third kappa shape index (κ3) is 4.20. The minimum atomic E-state index is -0.172. The van der Waals surface area contributed by atoms with E-state index in [0.29, 0.717) is 6.54 Å². The number of nitrogens with one attached hydrogen (secondary N) is 1. The predicted octanol–water partition coefficient (Wildman–Crippen LogP) is 2.81. The van der Waals surface area contributed by atoms with Crippen LogP contribution < -0.4 is 5.32 Å². The maximum Gasteiger partial charge on any atom is 0.248 e. The van der Waals surface area contributed by atoms with Gasteiger partial charge in [-0.05, 0) is 30.9 Å². The molecule has 4 heteroatoms. The van der Waals surface area contributed by atoms with Crippen LogP contribution in [0.4, 0.5) is 0 Å². The first-order valence-electron chi connectivity index (χ1n) is 7.96. The average molecular weight is 300 g/mol. The van der Waals surface area contributed by atoms with Crippen LogP contribution in [0.3, 0.4) is 0 Å². The van der Waals surface area contributed by atoms with Gasteiger partial charge < -0.3 is 10.2 Å². The highest BCUT2D eigenvalue weighted by molar-refractivity contribution is 5.92. The van der Waals surface area contributed by atoms with Gasteiger partial charge in [-0.1, -0.05) is 44.2 Å². The van der Waals surface area contributed by atoms with Crippen molar-refractivity contribution in [1.82, 2.24) is 10.2 Å². The van der Waals surface area contributed by atoms with Crippen LogP contribution in [0.2, 0.25) is 0 Å². The first-order valence-corrected chi connectivity index (χ1v) is 7.96. The first kappa shape index (κ1) is 16.3. The summed E-state index contributed by atoms with van der Waals surface area (Å²) in [6, 6.07) is 9.73. The normalized spacial score (nSPS) is 19.4. The van der Waals surface area contributed by atoms with Crippen molar-refractivity contribution in [3.63, 3.8) is 0 Å². The van der Waals surface area contributed by atoms with Crippen molar-refractivity contribution >= 4 is 17.9 Å². The molecule has 1 aliphatic rings. The lowest BCUT2D eigenvalue weighted by atomic mass is 10.1. The Labute approximate surface area is 132 Å². The number of carbonyl (C=O) groups is 2. The van der Waals surface area contributed by atoms with Crippen LogP contribution in [0.25, 0.3) is 6.08 Å². The highest BCUT2D eigenvalue weighted by atomic mass is 16.2. The maximum absolute atomic E-state index is 12.3. The SMILES string of the molecule is CCC(C)C(=O)NC1CCCN1C(=O)C=Cc1ccccc1. The summed E-state index contributed by atoms with van der Waals surface area (Å²) in [5, 5.41) is 2.99. The number of hydrogen-bond acceptors (Lipinski definition) is 2. The summed E-state index contributed by atoms with van der Waals surface area (Å²) in [4.78, 5) is 26.1. The van der Waals surface area contributed by atoms with Crippen molar-refractivity contribution in [2.24, 2.45) is 5.92 Å². The van der Waals surface area contributed by atoms with E-state index in [1.165, 1.54) is 0 Å². The molecule has 2 unspecified atom stereocenters. The summed E-state index contributed by atoms with van der Waals surface area (Å²) in [6.07, 6.45) is 5.79. The van der Waals surface area contributed by atoms with E-state index >= 15 is 0 Å². The molecule has 2 rings (SSSR count). The average Bonchev–Trinajstić information content (AvgIpc) is 3.00. The fourth-order valence-electron chi connectivity index (χ4n) is 2.50. The van der Waals surface area contributed by atoms with Gasteiger partial charge in [0.1, 0.15) is 6.17 Å². The van der Waals surface area contributed by atoms with Crippen molar-refractivity contribution in [1.29, 1.82) is 0 Å². The first-order chi connectivity index (χ1) is 10.6. The van der Waals surface area contributed by atoms with E-state index in [2.05, 4.69) is 5.32 Å². The molecule has 0 radical (unpaired) electrons. The summed E-state index contributed by atoms with van der Waals surface area (Å²) < 4.78 is 0. The largest absolute Gasteiger partial charge is 0.336 e. The van der Waals surface area contributed by atoms with Crippen molar-refractivity contribution in [3.8, 4) is 0 Å². The molecule has 1 fully saturated rings. The molecule has 1 aromatic rings. The molecule has 0 saturated carbocycles. The molecule has 1 saturated heterocycles. The topological polar surface area (TPSA) is 49.4 Å². The highest BCUT2D eigenvalue weighted by Gasteiger charge is 2.29. The molecule has 118 valence electrons. The third-order valence-corrected chi connectivity index (χ3v) is 4.12. The van der Waals surface area contributed by atoms with Gasteiger partial charge in [0.15, 0.2) is 0 Å². The Morgan fingerprint density at radius 1 is 1.36 bits per heavy atom. The fourth-order valence-corrected chi connectivity index (χ4v) is 2.50. The Hall–Kier alpha value is -2.10. The molecule has 2 atom stereocenters. The van der Waals surface area contributed by atoms with Gasteiger partial charge in [-0.15, -0.1) is 0 Å². The maximum atomic E-state index is 12.3. The van der Waals surface area contributed by atoms with E-state index in [-0.39, 0.29) is 23.9 Å². The highest BCUT2D eigenvalue weighted by Crippen LogP contribution is 2.17. The van der Waals surface area contributed by atoms with Gasteiger partial charge >= 0.3 is 0 Å². The number of likely N-dealkylation sites (tertiary alicyclic amines) is 1. The van der Waals surface area contributed by atoms with Gasteiger partial charge in [0.05, 0.1) is 0 Å². The second kappa shape index (κ2) is 7.78. The molecule has 0 spiro atoms. The molecule has 1 N–H and O–H groups in total. The molecule has 1 heterocycles. The molecule has 0 bridgehead atoms. The molecule has 1 aromatic carbocycles. The Morgan fingerprint density at radius 2 is 2.09 bits per heavy atom. The van der Waals surface area contributed by atoms with E-state index < -0.39 is 0 Å². The molecule has 1 aliphatic heterocycles. The number of benzene rings is 1. The number of rotatable bonds is 5. The zero-order valence-corrected chi connectivity index (χ0v) is 13.3. The Balaban J connectivity index is 1.96. The van der Waals surface area contributed by atoms with Gasteiger partial charge in [0.25, 0.3) is 0 Å². The second-order valence-corrected chi connectivity index (χ2v) is 5.75. The van der Waals surface area contributed by atoms with Crippen LogP contribution >= 0.6 is 0 Å². The summed E-state index contributed by atoms with van der Waals surface area (Å²) in [5.41, 5.74) is 0.996. The molecular weight excluding hydrogens is 276 g/mol. The van der Waals surface area contributed by atoms with Gasteiger partial charge in [0.2, 0.25) is 11.8 Å². The molecule has 0 aliphatic carbocycles. The number of amides is 2. The number of carbonyl (C=O) groups excluding carboxylic acids is 2. The molecule has 22 heavy (non-hydrogen) atoms. The summed E-state index contributed by atoms with van der Waals surface area (Å²) in [6.45, 7) is 4.60. The minimum Gasteiger partial charge on any atom is -0.336 e. The Kier molecular flexibility index (Phi) is 5.75. The van der Waals surface area contributed by atoms with Crippen LogP contribution in [0, 0.1) is 5.92 Å². The van der Waals surface area contributed by atoms with Crippen molar-refractivity contribution in [2.45, 2.75) is 39.3 Å². The van der Waals surface area contributed by atoms with Crippen LogP contribution in [0.15, 0.2) is 36.4 Å². The lowest BCUT2D eigenvalue weighted by Gasteiger charge is -2.25. The Bertz CT molecular complexity index is 539. The number of nitrogens with zero attached hydrogens (tertiary/aromatic N) is 1. The van der Waals surface area contributed by atoms with Gasteiger partial charge in [-0.25, -0.2) is 0 Å². The zero-order valence-electron chi connectivity index (χ0n) is 13.3. The van der Waals surface area contributed by atoms with Crippen molar-refractivity contribution in [3.05, 3.63) is 42.0 Å². The lowest BCUT2D eigenvalue weighted by molar-refractivity contribution is -0.131. The van der Waals surface area contributed by atoms with Crippen molar-refractivity contribution < 1.29 is 9.59 Å². The van der Waals surface area contributed by atoms with Crippen LogP contribution in [0.1, 0.15) is 38.7 Å². The molecule has 0 aromatic heterocycles. The fraction of sp³-hybridized carbons (Fsp3) is 0.444. The van der Waals surface area contributed by atoms with Gasteiger partial charge in [-0.2, -0.15) is 0 Å². The summed E-state index contributed by atoms with van der Waals surface area (Å²) in [5.74, 6) is -0.0348. The molecule has 4 nitrogen and oxygen atoms in total. The quantitative estimate of drug-likeness (QED) is 0.850. The van der Waals surface area contributed by atoms with E-state index in [4.69, 9.17) is 0 Å². The van der Waals surface area contributed by atoms with E-state index in [0.717, 1.165) is 24.8 Å². The molecular formula is C18H24N2O2. The monoisotopic (exact) mass is 300 g/mol. The smallest absolute Gasteiger partial charge is 0.248 e. The van der Waals surface area contributed by atoms with E-state index in [1.807, 2.05) is 50.3 Å².